The zero-order valence-electron chi connectivity index (χ0n) is 21.2. The number of hydrogen-bond acceptors (Lipinski definition) is 7. The number of carbonyl (C=O) groups excluding carboxylic acids is 2. The van der Waals surface area contributed by atoms with Gasteiger partial charge in [0.1, 0.15) is 0 Å². The van der Waals surface area contributed by atoms with Gasteiger partial charge in [0.15, 0.2) is 11.5 Å². The smallest absolute Gasteiger partial charge is 0.310 e. The molecule has 3 aliphatic rings. The number of likely N-dealkylation sites (tertiary alicyclic amines) is 1. The van der Waals surface area contributed by atoms with E-state index in [4.69, 9.17) is 19.3 Å². The highest BCUT2D eigenvalue weighted by Crippen LogP contribution is 2.39. The van der Waals surface area contributed by atoms with Gasteiger partial charge in [-0.15, -0.1) is 0 Å². The predicted molar refractivity (Wildman–Crippen MR) is 135 cm³/mol. The second kappa shape index (κ2) is 10.3. The maximum atomic E-state index is 13.7. The summed E-state index contributed by atoms with van der Waals surface area (Å²) < 4.78 is 16.3. The minimum atomic E-state index is -0.243. The zero-order valence-corrected chi connectivity index (χ0v) is 21.2. The Bertz CT molecular complexity index is 1190. The summed E-state index contributed by atoms with van der Waals surface area (Å²) in [6.07, 6.45) is 2.27. The highest BCUT2D eigenvalue weighted by Gasteiger charge is 2.36. The van der Waals surface area contributed by atoms with E-state index in [0.717, 1.165) is 47.4 Å². The molecule has 1 fully saturated rings. The third-order valence-corrected chi connectivity index (χ3v) is 7.14. The molecule has 0 bridgehead atoms. The fraction of sp³-hybridized carbons (Fsp3) is 0.464. The lowest BCUT2D eigenvalue weighted by atomic mass is 9.95. The van der Waals surface area contributed by atoms with Gasteiger partial charge in [-0.05, 0) is 69.5 Å². The molecule has 0 spiro atoms. The van der Waals surface area contributed by atoms with Crippen LogP contribution in [0.3, 0.4) is 0 Å². The lowest BCUT2D eigenvalue weighted by Gasteiger charge is -2.32. The van der Waals surface area contributed by atoms with Crippen LogP contribution in [0.1, 0.15) is 54.5 Å². The van der Waals surface area contributed by atoms with Gasteiger partial charge in [-0.25, -0.2) is 5.01 Å². The van der Waals surface area contributed by atoms with Crippen LogP contribution in [-0.4, -0.2) is 60.5 Å². The number of carbonyl (C=O) groups is 2. The van der Waals surface area contributed by atoms with Crippen LogP contribution in [0, 0.1) is 19.8 Å². The number of benzene rings is 2. The van der Waals surface area contributed by atoms with Gasteiger partial charge in [-0.3, -0.25) is 14.5 Å². The summed E-state index contributed by atoms with van der Waals surface area (Å²) in [6.45, 7) is 8.03. The van der Waals surface area contributed by atoms with Gasteiger partial charge in [0, 0.05) is 18.5 Å². The van der Waals surface area contributed by atoms with E-state index in [0.29, 0.717) is 31.1 Å². The fourth-order valence-corrected chi connectivity index (χ4v) is 5.25. The predicted octanol–water partition coefficient (Wildman–Crippen LogP) is 3.98. The fourth-order valence-electron chi connectivity index (χ4n) is 5.25. The van der Waals surface area contributed by atoms with Crippen molar-refractivity contribution >= 4 is 17.6 Å². The number of nitrogens with zero attached hydrogens (tertiary/aromatic N) is 3. The van der Waals surface area contributed by atoms with E-state index in [-0.39, 0.29) is 37.2 Å². The van der Waals surface area contributed by atoms with Crippen molar-refractivity contribution in [2.24, 2.45) is 11.0 Å². The second-order valence-corrected chi connectivity index (χ2v) is 9.76. The molecule has 36 heavy (non-hydrogen) atoms. The van der Waals surface area contributed by atoms with Crippen molar-refractivity contribution in [3.63, 3.8) is 0 Å². The van der Waals surface area contributed by atoms with Crippen molar-refractivity contribution in [3.8, 4) is 11.5 Å². The summed E-state index contributed by atoms with van der Waals surface area (Å²) >= 11 is 0. The van der Waals surface area contributed by atoms with Gasteiger partial charge in [-0.1, -0.05) is 23.8 Å². The summed E-state index contributed by atoms with van der Waals surface area (Å²) in [4.78, 5) is 28.0. The lowest BCUT2D eigenvalue weighted by Crippen LogP contribution is -2.44. The van der Waals surface area contributed by atoms with Crippen molar-refractivity contribution in [1.82, 2.24) is 9.91 Å². The minimum Gasteiger partial charge on any atom is -0.466 e. The molecule has 0 radical (unpaired) electrons. The Hall–Kier alpha value is -3.39. The van der Waals surface area contributed by atoms with Gasteiger partial charge >= 0.3 is 5.97 Å². The second-order valence-electron chi connectivity index (χ2n) is 9.76. The Balaban J connectivity index is 1.40. The van der Waals surface area contributed by atoms with Crippen LogP contribution in [0.25, 0.3) is 0 Å². The standard InChI is InChI=1S/C28H33N3O5/c1-4-34-28(33)21-6-5-11-30(15-21)16-27(32)31-24(20-9-10-25-26(13-20)36-17-35-25)14-23(29-31)22-12-18(2)7-8-19(22)3/h7-10,12-13,21,24H,4-6,11,14-17H2,1-3H3. The molecule has 3 aliphatic heterocycles. The monoisotopic (exact) mass is 491 g/mol. The number of ether oxygens (including phenoxy) is 3. The number of esters is 1. The molecule has 3 heterocycles. The number of piperidine rings is 1. The van der Waals surface area contributed by atoms with Crippen LogP contribution in [0.2, 0.25) is 0 Å². The SMILES string of the molecule is CCOC(=O)C1CCCN(CC(=O)N2N=C(c3cc(C)ccc3C)CC2c2ccc3c(c2)OCO3)C1. The molecule has 2 unspecified atom stereocenters. The summed E-state index contributed by atoms with van der Waals surface area (Å²) in [5.74, 6) is 0.951. The Kier molecular flexibility index (Phi) is 6.96. The zero-order chi connectivity index (χ0) is 25.2. The number of hydrogen-bond donors (Lipinski definition) is 0. The van der Waals surface area contributed by atoms with Gasteiger partial charge in [0.25, 0.3) is 5.91 Å². The Morgan fingerprint density at radius 3 is 2.78 bits per heavy atom. The van der Waals surface area contributed by atoms with Crippen LogP contribution in [-0.2, 0) is 14.3 Å². The third kappa shape index (κ3) is 4.95. The van der Waals surface area contributed by atoms with Crippen LogP contribution >= 0.6 is 0 Å². The summed E-state index contributed by atoms with van der Waals surface area (Å²) in [6, 6.07) is 11.9. The van der Waals surface area contributed by atoms with Gasteiger partial charge in [0.05, 0.1) is 30.8 Å². The normalized spacial score (nSPS) is 21.4. The Labute approximate surface area is 211 Å². The largest absolute Gasteiger partial charge is 0.466 e. The molecular weight excluding hydrogens is 458 g/mol. The molecular formula is C28H33N3O5. The van der Waals surface area contributed by atoms with Crippen molar-refractivity contribution < 1.29 is 23.8 Å². The highest BCUT2D eigenvalue weighted by molar-refractivity contribution is 6.04. The minimum absolute atomic E-state index is 0.0810. The maximum Gasteiger partial charge on any atom is 0.310 e. The van der Waals surface area contributed by atoms with E-state index in [1.807, 2.05) is 25.1 Å². The molecule has 0 N–H and O–H groups in total. The number of amides is 1. The molecule has 190 valence electrons. The number of aryl methyl sites for hydroxylation is 2. The van der Waals surface area contributed by atoms with Crippen LogP contribution in [0.5, 0.6) is 11.5 Å². The van der Waals surface area contributed by atoms with Crippen LogP contribution < -0.4 is 9.47 Å². The molecule has 2 aromatic rings. The molecule has 1 saturated heterocycles. The summed E-state index contributed by atoms with van der Waals surface area (Å²) in [5.41, 5.74) is 5.21. The quantitative estimate of drug-likeness (QED) is 0.569. The van der Waals surface area contributed by atoms with Crippen LogP contribution in [0.15, 0.2) is 41.5 Å². The van der Waals surface area contributed by atoms with E-state index in [2.05, 4.69) is 36.9 Å². The van der Waals surface area contributed by atoms with E-state index in [1.165, 1.54) is 0 Å². The maximum absolute atomic E-state index is 13.7. The van der Waals surface area contributed by atoms with Gasteiger partial charge in [0.2, 0.25) is 6.79 Å². The first-order valence-electron chi connectivity index (χ1n) is 12.7. The van der Waals surface area contributed by atoms with Crippen molar-refractivity contribution in [3.05, 3.63) is 58.7 Å². The average Bonchev–Trinajstić information content (AvgIpc) is 3.53. The van der Waals surface area contributed by atoms with Gasteiger partial charge < -0.3 is 14.2 Å². The van der Waals surface area contributed by atoms with Crippen molar-refractivity contribution in [1.29, 1.82) is 0 Å². The first kappa shape index (κ1) is 24.3. The molecule has 5 rings (SSSR count). The van der Waals surface area contributed by atoms with Crippen molar-refractivity contribution in [2.45, 2.75) is 46.1 Å². The van der Waals surface area contributed by atoms with Crippen molar-refractivity contribution in [2.75, 3.05) is 33.0 Å². The number of fused-ring (bicyclic) bond motifs is 1. The highest BCUT2D eigenvalue weighted by atomic mass is 16.7. The number of rotatable bonds is 6. The van der Waals surface area contributed by atoms with Crippen LogP contribution in [0.4, 0.5) is 0 Å². The van der Waals surface area contributed by atoms with E-state index in [1.54, 1.807) is 5.01 Å². The van der Waals surface area contributed by atoms with E-state index in [9.17, 15) is 9.59 Å². The van der Waals surface area contributed by atoms with Gasteiger partial charge in [-0.2, -0.15) is 5.10 Å². The number of hydrazone groups is 1. The third-order valence-electron chi connectivity index (χ3n) is 7.14. The van der Waals surface area contributed by atoms with E-state index >= 15 is 0 Å². The molecule has 0 aromatic heterocycles. The molecule has 0 aliphatic carbocycles. The topological polar surface area (TPSA) is 80.7 Å². The molecule has 1 amide bonds. The Morgan fingerprint density at radius 2 is 1.94 bits per heavy atom. The first-order valence-corrected chi connectivity index (χ1v) is 12.7. The lowest BCUT2D eigenvalue weighted by molar-refractivity contribution is -0.150. The Morgan fingerprint density at radius 1 is 1.11 bits per heavy atom. The first-order chi connectivity index (χ1) is 17.4. The molecule has 0 saturated carbocycles. The molecule has 8 nitrogen and oxygen atoms in total. The van der Waals surface area contributed by atoms with E-state index < -0.39 is 0 Å². The summed E-state index contributed by atoms with van der Waals surface area (Å²) in [5, 5.41) is 6.50. The average molecular weight is 492 g/mol. The summed E-state index contributed by atoms with van der Waals surface area (Å²) in [7, 11) is 0. The molecule has 2 atom stereocenters. The molecule has 2 aromatic carbocycles. The molecule has 8 heteroatoms.